The third kappa shape index (κ3) is 3.15. The van der Waals surface area contributed by atoms with Gasteiger partial charge in [0.1, 0.15) is 5.75 Å². The van der Waals surface area contributed by atoms with Crippen LogP contribution in [0.15, 0.2) is 12.1 Å². The molecule has 0 radical (unpaired) electrons. The number of nitrogens with zero attached hydrogens (tertiary/aromatic N) is 1. The summed E-state index contributed by atoms with van der Waals surface area (Å²) in [4.78, 5) is 25.6. The highest BCUT2D eigenvalue weighted by Crippen LogP contribution is 2.33. The fourth-order valence-corrected chi connectivity index (χ4v) is 3.42. The van der Waals surface area contributed by atoms with Crippen LogP contribution < -0.4 is 15.4 Å². The Morgan fingerprint density at radius 2 is 2.08 bits per heavy atom. The van der Waals surface area contributed by atoms with Crippen LogP contribution in [0, 0.1) is 5.92 Å². The van der Waals surface area contributed by atoms with Gasteiger partial charge in [-0.2, -0.15) is 0 Å². The first-order valence-electron chi connectivity index (χ1n) is 8.37. The molecule has 3 aliphatic rings. The monoisotopic (exact) mass is 349 g/mol. The van der Waals surface area contributed by atoms with Crippen LogP contribution in [0.5, 0.6) is 5.75 Å². The summed E-state index contributed by atoms with van der Waals surface area (Å²) < 4.78 is 5.64. The molecule has 7 heteroatoms. The van der Waals surface area contributed by atoms with Gasteiger partial charge in [-0.3, -0.25) is 4.79 Å². The molecular formula is C17H20ClN3O3. The summed E-state index contributed by atoms with van der Waals surface area (Å²) in [6.07, 6.45) is 2.84. The number of ether oxygens (including phenoxy) is 1. The maximum absolute atomic E-state index is 12.2. The first kappa shape index (κ1) is 15.6. The van der Waals surface area contributed by atoms with Crippen molar-refractivity contribution >= 4 is 23.5 Å². The Morgan fingerprint density at radius 3 is 2.83 bits per heavy atom. The zero-order chi connectivity index (χ0) is 16.7. The lowest BCUT2D eigenvalue weighted by atomic mass is 10.1. The van der Waals surface area contributed by atoms with E-state index in [1.165, 1.54) is 0 Å². The van der Waals surface area contributed by atoms with Gasteiger partial charge in [0, 0.05) is 42.6 Å². The minimum atomic E-state index is -0.126. The third-order valence-electron chi connectivity index (χ3n) is 4.72. The van der Waals surface area contributed by atoms with Crippen molar-refractivity contribution in [3.8, 4) is 5.75 Å². The van der Waals surface area contributed by atoms with Crippen LogP contribution in [-0.2, 0) is 17.8 Å². The first-order chi connectivity index (χ1) is 11.6. The lowest BCUT2D eigenvalue weighted by Crippen LogP contribution is -2.63. The number of fused-ring (bicyclic) bond motifs is 1. The number of likely N-dealkylation sites (tertiary alicyclic amines) is 1. The zero-order valence-electron chi connectivity index (χ0n) is 13.3. The summed E-state index contributed by atoms with van der Waals surface area (Å²) >= 11 is 6.12. The summed E-state index contributed by atoms with van der Waals surface area (Å²) in [5.74, 6) is 1.18. The van der Waals surface area contributed by atoms with E-state index < -0.39 is 0 Å². The minimum absolute atomic E-state index is 0.0857. The Bertz CT molecular complexity index is 684. The number of carbonyl (C=O) groups excluding carboxylic acids is 2. The molecule has 2 fully saturated rings. The van der Waals surface area contributed by atoms with E-state index in [0.717, 1.165) is 36.1 Å². The second-order valence-electron chi connectivity index (χ2n) is 6.70. The Hall–Kier alpha value is -1.95. The van der Waals surface area contributed by atoms with Crippen LogP contribution in [0.1, 0.15) is 24.0 Å². The molecule has 4 rings (SSSR count). The molecule has 2 N–H and O–H groups in total. The molecule has 128 valence electrons. The van der Waals surface area contributed by atoms with Gasteiger partial charge >= 0.3 is 6.03 Å². The molecule has 1 aromatic rings. The summed E-state index contributed by atoms with van der Waals surface area (Å²) in [6.45, 7) is 2.17. The molecule has 0 bridgehead atoms. The van der Waals surface area contributed by atoms with E-state index in [1.807, 2.05) is 12.1 Å². The van der Waals surface area contributed by atoms with Crippen LogP contribution >= 0.6 is 11.6 Å². The maximum Gasteiger partial charge on any atom is 0.317 e. The summed E-state index contributed by atoms with van der Waals surface area (Å²) in [7, 11) is 0. The SMILES string of the molecule is O=C(NC1CN(C(=O)NCc2cc(Cl)cc3c2OCC3)C1)C1CC1. The highest BCUT2D eigenvalue weighted by molar-refractivity contribution is 6.30. The van der Waals surface area contributed by atoms with E-state index in [1.54, 1.807) is 4.90 Å². The standard InChI is InChI=1S/C17H20ClN3O3/c18-13-5-11-3-4-24-15(11)12(6-13)7-19-17(23)21-8-14(9-21)20-16(22)10-1-2-10/h5-6,10,14H,1-4,7-9H2,(H,19,23)(H,20,22). The van der Waals surface area contributed by atoms with E-state index in [4.69, 9.17) is 16.3 Å². The topological polar surface area (TPSA) is 70.7 Å². The smallest absolute Gasteiger partial charge is 0.317 e. The van der Waals surface area contributed by atoms with Gasteiger partial charge in [-0.25, -0.2) is 4.79 Å². The van der Waals surface area contributed by atoms with E-state index in [0.29, 0.717) is 31.3 Å². The lowest BCUT2D eigenvalue weighted by Gasteiger charge is -2.39. The summed E-state index contributed by atoms with van der Waals surface area (Å²) in [5.41, 5.74) is 2.00. The van der Waals surface area contributed by atoms with E-state index in [2.05, 4.69) is 10.6 Å². The number of nitrogens with one attached hydrogen (secondary N) is 2. The van der Waals surface area contributed by atoms with Gasteiger partial charge in [-0.15, -0.1) is 0 Å². The van der Waals surface area contributed by atoms with Crippen molar-refractivity contribution in [2.45, 2.75) is 31.8 Å². The van der Waals surface area contributed by atoms with Crippen molar-refractivity contribution < 1.29 is 14.3 Å². The number of hydrogen-bond acceptors (Lipinski definition) is 3. The van der Waals surface area contributed by atoms with Crippen LogP contribution in [0.2, 0.25) is 5.02 Å². The number of urea groups is 1. The molecule has 0 atom stereocenters. The van der Waals surface area contributed by atoms with E-state index in [9.17, 15) is 9.59 Å². The molecule has 1 aliphatic carbocycles. The molecule has 1 aromatic carbocycles. The highest BCUT2D eigenvalue weighted by Gasteiger charge is 2.36. The molecule has 0 unspecified atom stereocenters. The van der Waals surface area contributed by atoms with Gasteiger partial charge in [0.2, 0.25) is 5.91 Å². The second-order valence-corrected chi connectivity index (χ2v) is 7.13. The number of halogens is 1. The normalized spacial score (nSPS) is 19.3. The largest absolute Gasteiger partial charge is 0.493 e. The first-order valence-corrected chi connectivity index (χ1v) is 8.75. The number of amides is 3. The van der Waals surface area contributed by atoms with E-state index >= 15 is 0 Å². The van der Waals surface area contributed by atoms with Crippen LogP contribution in [0.4, 0.5) is 4.79 Å². The van der Waals surface area contributed by atoms with Gasteiger partial charge in [-0.05, 0) is 30.5 Å². The van der Waals surface area contributed by atoms with Gasteiger partial charge in [0.05, 0.1) is 12.6 Å². The molecule has 2 aliphatic heterocycles. The maximum atomic E-state index is 12.2. The van der Waals surface area contributed by atoms with Crippen molar-refractivity contribution in [1.29, 1.82) is 0 Å². The Kier molecular flexibility index (Phi) is 4.00. The molecule has 6 nitrogen and oxygen atoms in total. The Morgan fingerprint density at radius 1 is 1.29 bits per heavy atom. The molecule has 3 amide bonds. The molecule has 1 saturated carbocycles. The fourth-order valence-electron chi connectivity index (χ4n) is 3.16. The molecule has 1 saturated heterocycles. The van der Waals surface area contributed by atoms with Crippen molar-refractivity contribution in [1.82, 2.24) is 15.5 Å². The second kappa shape index (κ2) is 6.16. The van der Waals surface area contributed by atoms with Gasteiger partial charge in [0.15, 0.2) is 0 Å². The molecule has 0 spiro atoms. The van der Waals surface area contributed by atoms with Crippen molar-refractivity contribution in [3.63, 3.8) is 0 Å². The Balaban J connectivity index is 1.27. The molecule has 24 heavy (non-hydrogen) atoms. The predicted octanol–water partition coefficient (Wildman–Crippen LogP) is 1.69. The Labute approximate surface area is 145 Å². The molecule has 2 heterocycles. The van der Waals surface area contributed by atoms with Crippen molar-refractivity contribution in [2.24, 2.45) is 5.92 Å². The average Bonchev–Trinajstić information content (AvgIpc) is 3.26. The average molecular weight is 350 g/mol. The van der Waals surface area contributed by atoms with Crippen LogP contribution in [0.3, 0.4) is 0 Å². The van der Waals surface area contributed by atoms with Crippen molar-refractivity contribution in [3.05, 3.63) is 28.3 Å². The summed E-state index contributed by atoms with van der Waals surface area (Å²) in [5, 5.41) is 6.55. The quantitative estimate of drug-likeness (QED) is 0.869. The third-order valence-corrected chi connectivity index (χ3v) is 4.94. The minimum Gasteiger partial charge on any atom is -0.493 e. The van der Waals surface area contributed by atoms with Gasteiger partial charge in [0.25, 0.3) is 0 Å². The fraction of sp³-hybridized carbons (Fsp3) is 0.529. The van der Waals surface area contributed by atoms with E-state index in [-0.39, 0.29) is 23.9 Å². The molecular weight excluding hydrogens is 330 g/mol. The number of carbonyl (C=O) groups is 2. The highest BCUT2D eigenvalue weighted by atomic mass is 35.5. The number of hydrogen-bond donors (Lipinski definition) is 2. The van der Waals surface area contributed by atoms with Crippen molar-refractivity contribution in [2.75, 3.05) is 19.7 Å². The van der Waals surface area contributed by atoms with Crippen LogP contribution in [-0.4, -0.2) is 42.6 Å². The van der Waals surface area contributed by atoms with Crippen LogP contribution in [0.25, 0.3) is 0 Å². The summed E-state index contributed by atoms with van der Waals surface area (Å²) in [6, 6.07) is 3.71. The van der Waals surface area contributed by atoms with Gasteiger partial charge in [-0.1, -0.05) is 11.6 Å². The predicted molar refractivity (Wildman–Crippen MR) is 89.1 cm³/mol. The lowest BCUT2D eigenvalue weighted by molar-refractivity contribution is -0.123. The zero-order valence-corrected chi connectivity index (χ0v) is 14.1. The molecule has 0 aromatic heterocycles. The van der Waals surface area contributed by atoms with Gasteiger partial charge < -0.3 is 20.3 Å². The number of benzene rings is 1. The number of rotatable bonds is 4.